The summed E-state index contributed by atoms with van der Waals surface area (Å²) in [6.45, 7) is 11.2. The van der Waals surface area contributed by atoms with Crippen LogP contribution in [0.25, 0.3) is 0 Å². The molecule has 0 aliphatic heterocycles. The van der Waals surface area contributed by atoms with Crippen LogP contribution in [0.15, 0.2) is 82.9 Å². The van der Waals surface area contributed by atoms with E-state index in [1.807, 2.05) is 20.8 Å². The Kier molecular flexibility index (Phi) is 18.5. The third kappa shape index (κ3) is 9.24. The van der Waals surface area contributed by atoms with Crippen molar-refractivity contribution in [2.24, 2.45) is 4.99 Å². The van der Waals surface area contributed by atoms with E-state index in [0.717, 1.165) is 12.1 Å². The van der Waals surface area contributed by atoms with Gasteiger partial charge in [0.05, 0.1) is 17.0 Å². The van der Waals surface area contributed by atoms with E-state index in [2.05, 4.69) is 24.2 Å². The number of nitriles is 1. The molecule has 0 aliphatic carbocycles. The Balaban J connectivity index is 0. The molecule has 0 heterocycles. The van der Waals surface area contributed by atoms with E-state index >= 15 is 0 Å². The number of nitrogens with one attached hydrogen (secondary N) is 2. The smallest absolute Gasteiger partial charge is 0.142 e. The molecule has 7 heteroatoms. The van der Waals surface area contributed by atoms with Gasteiger partial charge >= 0.3 is 0 Å². The predicted octanol–water partition coefficient (Wildman–Crippen LogP) is 7.47. The first-order valence-corrected chi connectivity index (χ1v) is 11.6. The molecule has 0 bridgehead atoms. The number of aliphatic imine (C=N–C) groups is 1. The van der Waals surface area contributed by atoms with Crippen LogP contribution in [-0.2, 0) is 0 Å². The average Bonchev–Trinajstić information content (AvgIpc) is 2.87. The van der Waals surface area contributed by atoms with Crippen molar-refractivity contribution in [1.29, 1.82) is 16.1 Å². The largest absolute Gasteiger partial charge is 0.299 e. The fourth-order valence-electron chi connectivity index (χ4n) is 2.71. The third-order valence-corrected chi connectivity index (χ3v) is 4.09. The molecule has 0 saturated carbocycles. The lowest BCUT2D eigenvalue weighted by molar-refractivity contribution is 0.579. The molecule has 0 spiro atoms. The van der Waals surface area contributed by atoms with Crippen molar-refractivity contribution in [2.45, 2.75) is 34.1 Å². The van der Waals surface area contributed by atoms with Crippen LogP contribution in [0.5, 0.6) is 0 Å². The molecule has 0 saturated heterocycles. The van der Waals surface area contributed by atoms with Crippen LogP contribution < -0.4 is 0 Å². The second kappa shape index (κ2) is 19.1. The van der Waals surface area contributed by atoms with Crippen molar-refractivity contribution in [3.8, 4) is 6.07 Å². The molecule has 0 unspecified atom stereocenters. The van der Waals surface area contributed by atoms with Gasteiger partial charge in [0.25, 0.3) is 0 Å². The molecule has 0 aliphatic rings. The van der Waals surface area contributed by atoms with Crippen LogP contribution in [0.1, 0.15) is 39.7 Å². The molecule has 1 aromatic rings. The molecule has 1 aromatic carbocycles. The van der Waals surface area contributed by atoms with Gasteiger partial charge in [-0.3, -0.25) is 15.8 Å². The molecule has 0 atom stereocenters. The number of thiol groups is 1. The van der Waals surface area contributed by atoms with Crippen molar-refractivity contribution in [1.82, 2.24) is 0 Å². The minimum Gasteiger partial charge on any atom is -0.299 e. The van der Waals surface area contributed by atoms with Crippen molar-refractivity contribution < 1.29 is 8.78 Å². The maximum atomic E-state index is 14.5. The highest BCUT2D eigenvalue weighted by atomic mass is 32.1. The fraction of sp³-hybridized carbons (Fsp3) is 0.259. The maximum Gasteiger partial charge on any atom is 0.142 e. The first kappa shape index (κ1) is 32.8. The van der Waals surface area contributed by atoms with E-state index in [-0.39, 0.29) is 16.9 Å². The van der Waals surface area contributed by atoms with Crippen molar-refractivity contribution in [3.05, 3.63) is 95.2 Å². The van der Waals surface area contributed by atoms with E-state index in [4.69, 9.17) is 10.8 Å². The van der Waals surface area contributed by atoms with E-state index in [9.17, 15) is 14.0 Å². The summed E-state index contributed by atoms with van der Waals surface area (Å²) in [5.74, 6) is -1.83. The quantitative estimate of drug-likeness (QED) is 0.190. The molecule has 34 heavy (non-hydrogen) atoms. The summed E-state index contributed by atoms with van der Waals surface area (Å²) in [6, 6.07) is 5.08. The van der Waals surface area contributed by atoms with Gasteiger partial charge in [0.2, 0.25) is 0 Å². The van der Waals surface area contributed by atoms with Gasteiger partial charge in [-0.2, -0.15) is 17.9 Å². The average molecular weight is 485 g/mol. The van der Waals surface area contributed by atoms with Crippen LogP contribution in [0.3, 0.4) is 0 Å². The highest BCUT2D eigenvalue weighted by molar-refractivity contribution is 7.79. The van der Waals surface area contributed by atoms with Gasteiger partial charge in [0.1, 0.15) is 23.4 Å². The normalized spacial score (nSPS) is 12.1. The maximum absolute atomic E-state index is 14.5. The zero-order chi connectivity index (χ0) is 26.7. The summed E-state index contributed by atoms with van der Waals surface area (Å²) in [5, 5.41) is 26.3. The lowest BCUT2D eigenvalue weighted by Crippen LogP contribution is -2.20. The Labute approximate surface area is 208 Å². The Hall–Kier alpha value is -3.37. The van der Waals surface area contributed by atoms with Crippen LogP contribution in [-0.4, -0.2) is 30.4 Å². The minimum atomic E-state index is -0.914. The van der Waals surface area contributed by atoms with E-state index in [0.29, 0.717) is 12.0 Å². The molecular formula is C27H34F2N4S. The van der Waals surface area contributed by atoms with Gasteiger partial charge in [0.15, 0.2) is 0 Å². The first-order valence-electron chi connectivity index (χ1n) is 10.7. The number of nitrogens with zero attached hydrogens (tertiary/aromatic N) is 2. The van der Waals surface area contributed by atoms with E-state index < -0.39 is 28.6 Å². The summed E-state index contributed by atoms with van der Waals surface area (Å²) in [5.41, 5.74) is -0.828. The molecule has 1 rings (SSSR count). The van der Waals surface area contributed by atoms with Crippen molar-refractivity contribution >= 4 is 29.8 Å². The lowest BCUT2D eigenvalue weighted by Gasteiger charge is -2.18. The van der Waals surface area contributed by atoms with Gasteiger partial charge in [-0.15, -0.1) is 0 Å². The van der Waals surface area contributed by atoms with Crippen LogP contribution in [0, 0.1) is 33.8 Å². The standard InChI is InChI=1S/C24H24F2N4.C2H6.CH4S/c1-5-8-11-16(7-3)21(24(29)22-17(25)12-10-13-18(22)26)23(19(28)15-27)20(30-4)14-9-6-2;2*1-2/h5,7-14,28-29H,1,6H2,2-4H3;1-2H3;2H,1H3/b11-8-,14-9-,16-7+,23-21+,28-19?,29-24?,30-20?;;. The molecule has 2 N–H and O–H groups in total. The van der Waals surface area contributed by atoms with Crippen LogP contribution in [0.2, 0.25) is 0 Å². The second-order valence-electron chi connectivity index (χ2n) is 5.97. The highest BCUT2D eigenvalue weighted by Crippen LogP contribution is 2.27. The summed E-state index contributed by atoms with van der Waals surface area (Å²) >= 11 is 3.53. The first-order chi connectivity index (χ1) is 16.4. The van der Waals surface area contributed by atoms with Crippen molar-refractivity contribution in [2.75, 3.05) is 13.3 Å². The van der Waals surface area contributed by atoms with Crippen LogP contribution in [0.4, 0.5) is 8.78 Å². The summed E-state index contributed by atoms with van der Waals surface area (Å²) in [4.78, 5) is 4.16. The van der Waals surface area contributed by atoms with E-state index in [1.165, 1.54) is 19.2 Å². The summed E-state index contributed by atoms with van der Waals surface area (Å²) < 4.78 is 29.0. The number of hydrogen-bond acceptors (Lipinski definition) is 5. The number of benzene rings is 1. The Morgan fingerprint density at radius 2 is 1.71 bits per heavy atom. The number of halogens is 2. The van der Waals surface area contributed by atoms with E-state index in [1.54, 1.807) is 49.6 Å². The Morgan fingerprint density at radius 1 is 1.15 bits per heavy atom. The summed E-state index contributed by atoms with van der Waals surface area (Å²) in [7, 11) is 1.49. The number of rotatable bonds is 9. The highest BCUT2D eigenvalue weighted by Gasteiger charge is 2.26. The number of allylic oxidation sites excluding steroid dienone is 9. The SMILES string of the molecule is C=C\C=C/C(=C\C)C(/C(=N)c1c(F)cccc1F)=C(/C(=N)C#N)C(/C=C\CC)=NC.CC.CS. The minimum absolute atomic E-state index is 0.0131. The predicted molar refractivity (Wildman–Crippen MR) is 146 cm³/mol. The fourth-order valence-corrected chi connectivity index (χ4v) is 2.71. The zero-order valence-corrected chi connectivity index (χ0v) is 21.6. The summed E-state index contributed by atoms with van der Waals surface area (Å²) in [6.07, 6.45) is 12.1. The van der Waals surface area contributed by atoms with Gasteiger partial charge in [-0.05, 0) is 43.4 Å². The second-order valence-corrected chi connectivity index (χ2v) is 5.97. The molecule has 0 fully saturated rings. The topological polar surface area (TPSA) is 83.9 Å². The van der Waals surface area contributed by atoms with Gasteiger partial charge in [-0.1, -0.05) is 63.8 Å². The lowest BCUT2D eigenvalue weighted by atomic mass is 9.86. The molecule has 4 nitrogen and oxygen atoms in total. The van der Waals surface area contributed by atoms with Crippen molar-refractivity contribution in [3.63, 3.8) is 0 Å². The van der Waals surface area contributed by atoms with Gasteiger partial charge in [-0.25, -0.2) is 8.78 Å². The third-order valence-electron chi connectivity index (χ3n) is 4.09. The monoisotopic (exact) mass is 484 g/mol. The Morgan fingerprint density at radius 3 is 2.12 bits per heavy atom. The number of hydrogen-bond donors (Lipinski definition) is 3. The molecule has 0 amide bonds. The van der Waals surface area contributed by atoms with Crippen LogP contribution >= 0.6 is 12.6 Å². The van der Waals surface area contributed by atoms with Gasteiger partial charge < -0.3 is 0 Å². The molecule has 0 aromatic heterocycles. The zero-order valence-electron chi connectivity index (χ0n) is 20.7. The van der Waals surface area contributed by atoms with Gasteiger partial charge in [0, 0.05) is 18.2 Å². The Bertz CT molecular complexity index is 1020. The molecular weight excluding hydrogens is 450 g/mol. The molecule has 0 radical (unpaired) electrons. The molecule has 182 valence electrons.